The van der Waals surface area contributed by atoms with Crippen molar-refractivity contribution < 1.29 is 23.7 Å². The molecule has 0 unspecified atom stereocenters. The molecule has 2 aromatic rings. The summed E-state index contributed by atoms with van der Waals surface area (Å²) in [5, 5.41) is 3.12. The number of ether oxygens (including phenoxy) is 5. The number of hydrogen-bond donors (Lipinski definition) is 1. The van der Waals surface area contributed by atoms with Gasteiger partial charge >= 0.3 is 0 Å². The van der Waals surface area contributed by atoms with Crippen LogP contribution in [0, 0.1) is 0 Å². The molecule has 0 saturated carbocycles. The van der Waals surface area contributed by atoms with E-state index in [0.717, 1.165) is 40.3 Å². The SMILES string of the molecule is CNCCOC(c1ccc2c(c1)COCO2)c1ccc2c(c1)COCO2. The number of fused-ring (bicyclic) bond motifs is 2. The highest BCUT2D eigenvalue weighted by molar-refractivity contribution is 5.44. The van der Waals surface area contributed by atoms with Crippen molar-refractivity contribution >= 4 is 0 Å². The zero-order valence-electron chi connectivity index (χ0n) is 14.8. The molecule has 0 bridgehead atoms. The van der Waals surface area contributed by atoms with Gasteiger partial charge in [-0.2, -0.15) is 0 Å². The van der Waals surface area contributed by atoms with Crippen LogP contribution in [0.15, 0.2) is 36.4 Å². The van der Waals surface area contributed by atoms with Crippen molar-refractivity contribution in [3.8, 4) is 11.5 Å². The topological polar surface area (TPSA) is 58.2 Å². The third kappa shape index (κ3) is 3.68. The Morgan fingerprint density at radius 3 is 2.04 bits per heavy atom. The van der Waals surface area contributed by atoms with Crippen molar-refractivity contribution in [1.29, 1.82) is 0 Å². The summed E-state index contributed by atoms with van der Waals surface area (Å²) in [5.74, 6) is 1.75. The van der Waals surface area contributed by atoms with Crippen LogP contribution >= 0.6 is 0 Å². The quantitative estimate of drug-likeness (QED) is 0.803. The van der Waals surface area contributed by atoms with Crippen molar-refractivity contribution in [2.24, 2.45) is 0 Å². The monoisotopic (exact) mass is 357 g/mol. The first-order chi connectivity index (χ1) is 12.8. The maximum atomic E-state index is 6.21. The van der Waals surface area contributed by atoms with E-state index in [2.05, 4.69) is 29.6 Å². The van der Waals surface area contributed by atoms with Gasteiger partial charge in [0.1, 0.15) is 17.6 Å². The minimum absolute atomic E-state index is 0.178. The normalized spacial score (nSPS) is 15.8. The number of rotatable bonds is 6. The Morgan fingerprint density at radius 1 is 0.923 bits per heavy atom. The maximum absolute atomic E-state index is 6.21. The average Bonchev–Trinajstić information content (AvgIpc) is 2.70. The molecule has 138 valence electrons. The van der Waals surface area contributed by atoms with Gasteiger partial charge in [0.25, 0.3) is 0 Å². The highest BCUT2D eigenvalue weighted by atomic mass is 16.7. The molecule has 0 amide bonds. The van der Waals surface area contributed by atoms with Crippen molar-refractivity contribution in [3.05, 3.63) is 58.7 Å². The second-order valence-corrected chi connectivity index (χ2v) is 6.31. The van der Waals surface area contributed by atoms with Crippen molar-refractivity contribution in [1.82, 2.24) is 5.32 Å². The van der Waals surface area contributed by atoms with Crippen molar-refractivity contribution in [2.45, 2.75) is 19.3 Å². The summed E-state index contributed by atoms with van der Waals surface area (Å²) in [4.78, 5) is 0. The van der Waals surface area contributed by atoms with E-state index in [1.165, 1.54) is 0 Å². The summed E-state index contributed by atoms with van der Waals surface area (Å²) in [6, 6.07) is 12.3. The average molecular weight is 357 g/mol. The molecule has 1 N–H and O–H groups in total. The first-order valence-electron chi connectivity index (χ1n) is 8.78. The standard InChI is InChI=1S/C20H23NO5/c1-21-6-7-24-20(14-2-4-18-16(8-14)10-22-12-25-18)15-3-5-19-17(9-15)11-23-13-26-19/h2-5,8-9,20-21H,6-7,10-13H2,1H3. The van der Waals surface area contributed by atoms with Crippen LogP contribution in [0.3, 0.4) is 0 Å². The van der Waals surface area contributed by atoms with Gasteiger partial charge in [-0.25, -0.2) is 0 Å². The van der Waals surface area contributed by atoms with Crippen LogP contribution in [-0.4, -0.2) is 33.8 Å². The number of hydrogen-bond acceptors (Lipinski definition) is 6. The molecule has 4 rings (SSSR count). The van der Waals surface area contributed by atoms with E-state index in [1.54, 1.807) is 0 Å². The third-order valence-corrected chi connectivity index (χ3v) is 4.52. The zero-order chi connectivity index (χ0) is 17.8. The van der Waals surface area contributed by atoms with Crippen molar-refractivity contribution in [3.63, 3.8) is 0 Å². The Balaban J connectivity index is 1.65. The van der Waals surface area contributed by atoms with E-state index < -0.39 is 0 Å². The van der Waals surface area contributed by atoms with Gasteiger partial charge in [-0.15, -0.1) is 0 Å². The molecule has 0 aliphatic carbocycles. The molecular weight excluding hydrogens is 334 g/mol. The lowest BCUT2D eigenvalue weighted by atomic mass is 9.97. The molecular formula is C20H23NO5. The number of benzene rings is 2. The Labute approximate surface area is 153 Å². The molecule has 2 heterocycles. The lowest BCUT2D eigenvalue weighted by molar-refractivity contribution is -0.0167. The predicted octanol–water partition coefficient (Wildman–Crippen LogP) is 2.75. The van der Waals surface area contributed by atoms with Crippen LogP contribution in [0.2, 0.25) is 0 Å². The Morgan fingerprint density at radius 2 is 1.50 bits per heavy atom. The Kier molecular flexibility index (Phi) is 5.36. The summed E-state index contributed by atoms with van der Waals surface area (Å²) in [7, 11) is 1.92. The molecule has 0 fully saturated rings. The summed E-state index contributed by atoms with van der Waals surface area (Å²) in [6.45, 7) is 3.11. The summed E-state index contributed by atoms with van der Waals surface area (Å²) >= 11 is 0. The summed E-state index contributed by atoms with van der Waals surface area (Å²) in [5.41, 5.74) is 4.24. The van der Waals surface area contributed by atoms with Crippen LogP contribution in [0.4, 0.5) is 0 Å². The molecule has 6 nitrogen and oxygen atoms in total. The Bertz CT molecular complexity index is 704. The van der Waals surface area contributed by atoms with Gasteiger partial charge in [-0.05, 0) is 42.4 Å². The zero-order valence-corrected chi connectivity index (χ0v) is 14.8. The van der Waals surface area contributed by atoms with Crippen LogP contribution in [0.1, 0.15) is 28.4 Å². The van der Waals surface area contributed by atoms with Gasteiger partial charge < -0.3 is 29.0 Å². The first kappa shape index (κ1) is 17.3. The fourth-order valence-electron chi connectivity index (χ4n) is 3.21. The number of nitrogens with one attached hydrogen (secondary N) is 1. The smallest absolute Gasteiger partial charge is 0.189 e. The van der Waals surface area contributed by atoms with Crippen LogP contribution in [-0.2, 0) is 27.4 Å². The largest absolute Gasteiger partial charge is 0.467 e. The van der Waals surface area contributed by atoms with E-state index in [-0.39, 0.29) is 6.10 Å². The molecule has 0 spiro atoms. The van der Waals surface area contributed by atoms with Crippen LogP contribution in [0.25, 0.3) is 0 Å². The predicted molar refractivity (Wildman–Crippen MR) is 95.2 cm³/mol. The molecule has 2 aliphatic rings. The van der Waals surface area contributed by atoms with Crippen LogP contribution in [0.5, 0.6) is 11.5 Å². The van der Waals surface area contributed by atoms with Gasteiger partial charge in [0, 0.05) is 17.7 Å². The van der Waals surface area contributed by atoms with E-state index in [0.29, 0.717) is 33.4 Å². The van der Waals surface area contributed by atoms with Crippen LogP contribution < -0.4 is 14.8 Å². The third-order valence-electron chi connectivity index (χ3n) is 4.52. The van der Waals surface area contributed by atoms with Gasteiger partial charge in [0.15, 0.2) is 13.6 Å². The van der Waals surface area contributed by atoms with Crippen molar-refractivity contribution in [2.75, 3.05) is 33.8 Å². The molecule has 2 aliphatic heterocycles. The molecule has 26 heavy (non-hydrogen) atoms. The van der Waals surface area contributed by atoms with Gasteiger partial charge in [-0.1, -0.05) is 12.1 Å². The van der Waals surface area contributed by atoms with Gasteiger partial charge in [-0.3, -0.25) is 0 Å². The molecule has 6 heteroatoms. The fourth-order valence-corrected chi connectivity index (χ4v) is 3.21. The van der Waals surface area contributed by atoms with E-state index in [1.807, 2.05) is 19.2 Å². The highest BCUT2D eigenvalue weighted by Crippen LogP contribution is 2.34. The minimum atomic E-state index is -0.178. The van der Waals surface area contributed by atoms with Gasteiger partial charge in [0.2, 0.25) is 0 Å². The molecule has 0 radical (unpaired) electrons. The molecule has 2 aromatic carbocycles. The van der Waals surface area contributed by atoms with E-state index in [9.17, 15) is 0 Å². The first-order valence-corrected chi connectivity index (χ1v) is 8.78. The molecule has 0 aromatic heterocycles. The second-order valence-electron chi connectivity index (χ2n) is 6.31. The highest BCUT2D eigenvalue weighted by Gasteiger charge is 2.21. The summed E-state index contributed by atoms with van der Waals surface area (Å²) in [6.07, 6.45) is -0.178. The minimum Gasteiger partial charge on any atom is -0.467 e. The summed E-state index contributed by atoms with van der Waals surface area (Å²) < 4.78 is 28.1. The fraction of sp³-hybridized carbons (Fsp3) is 0.400. The molecule has 0 atom stereocenters. The second kappa shape index (κ2) is 8.05. The van der Waals surface area contributed by atoms with E-state index in [4.69, 9.17) is 23.7 Å². The van der Waals surface area contributed by atoms with Gasteiger partial charge in [0.05, 0.1) is 19.8 Å². The van der Waals surface area contributed by atoms with E-state index >= 15 is 0 Å². The molecule has 0 saturated heterocycles. The lowest BCUT2D eigenvalue weighted by Crippen LogP contribution is -2.18. The Hall–Kier alpha value is -2.12. The maximum Gasteiger partial charge on any atom is 0.189 e. The lowest BCUT2D eigenvalue weighted by Gasteiger charge is -2.24. The number of likely N-dealkylation sites (N-methyl/N-ethyl adjacent to an activating group) is 1.